The SMILES string of the molecule is CC(C)C[C@H](N)C(=O)O.CC(C)C[C@H](N)C(=O)O.CC(C)[C@H](N)C(=O)O.N[C@@H](CS)C(=O)O. The van der Waals surface area contributed by atoms with E-state index in [1.54, 1.807) is 13.8 Å². The van der Waals surface area contributed by atoms with Gasteiger partial charge in [-0.15, -0.1) is 0 Å². The van der Waals surface area contributed by atoms with Crippen LogP contribution in [0.2, 0.25) is 0 Å². The van der Waals surface area contributed by atoms with Crippen LogP contribution in [0.15, 0.2) is 0 Å². The molecule has 0 fully saturated rings. The molecule has 0 amide bonds. The third kappa shape index (κ3) is 30.1. The molecule has 33 heavy (non-hydrogen) atoms. The van der Waals surface area contributed by atoms with Crippen molar-refractivity contribution in [3.63, 3.8) is 0 Å². The van der Waals surface area contributed by atoms with Gasteiger partial charge >= 0.3 is 23.9 Å². The quantitative estimate of drug-likeness (QED) is 0.183. The van der Waals surface area contributed by atoms with Crippen molar-refractivity contribution in [1.82, 2.24) is 0 Å². The molecule has 12 nitrogen and oxygen atoms in total. The zero-order valence-electron chi connectivity index (χ0n) is 20.3. The van der Waals surface area contributed by atoms with Gasteiger partial charge in [-0.05, 0) is 30.6 Å². The number of carboxylic acid groups (broad SMARTS) is 4. The van der Waals surface area contributed by atoms with Gasteiger partial charge in [-0.25, -0.2) is 0 Å². The van der Waals surface area contributed by atoms with Gasteiger partial charge in [-0.3, -0.25) is 19.2 Å². The lowest BCUT2D eigenvalue weighted by molar-refractivity contribution is -0.140. The number of hydrogen-bond acceptors (Lipinski definition) is 9. The largest absolute Gasteiger partial charge is 0.480 e. The maximum Gasteiger partial charge on any atom is 0.321 e. The van der Waals surface area contributed by atoms with Gasteiger partial charge in [0.1, 0.15) is 24.2 Å². The molecule has 0 spiro atoms. The zero-order valence-corrected chi connectivity index (χ0v) is 21.2. The Hall–Kier alpha value is -1.93. The highest BCUT2D eigenvalue weighted by atomic mass is 32.1. The van der Waals surface area contributed by atoms with Gasteiger partial charge in [-0.1, -0.05) is 41.5 Å². The van der Waals surface area contributed by atoms with E-state index < -0.39 is 48.0 Å². The Morgan fingerprint density at radius 3 is 0.909 bits per heavy atom. The van der Waals surface area contributed by atoms with Crippen LogP contribution in [0.4, 0.5) is 0 Å². The van der Waals surface area contributed by atoms with Crippen LogP contribution in [0.5, 0.6) is 0 Å². The Bertz CT molecular complexity index is 536. The highest BCUT2D eigenvalue weighted by Crippen LogP contribution is 2.02. The maximum absolute atomic E-state index is 10.1. The first-order valence-corrected chi connectivity index (χ1v) is 11.0. The molecule has 0 unspecified atom stereocenters. The zero-order chi connectivity index (χ0) is 27.5. The van der Waals surface area contributed by atoms with E-state index >= 15 is 0 Å². The molecule has 0 saturated carbocycles. The molecule has 0 heterocycles. The van der Waals surface area contributed by atoms with Crippen LogP contribution < -0.4 is 22.9 Å². The van der Waals surface area contributed by atoms with E-state index in [2.05, 4.69) is 12.6 Å². The standard InChI is InChI=1S/2C6H13NO2.C5H11NO2.C3H7NO2S/c2*1-4(2)3-5(7)6(8)9;1-3(2)4(6)5(7)8;4-2(1-7)3(5)6/h2*4-5H,3,7H2,1-2H3,(H,8,9);3-4H,6H2,1-2H3,(H,7,8);2,7H,1,4H2,(H,5,6)/t2*5-;4-;2-/m0000/s1. The van der Waals surface area contributed by atoms with Gasteiger partial charge in [0.25, 0.3) is 0 Å². The minimum Gasteiger partial charge on any atom is -0.480 e. The Labute approximate surface area is 201 Å². The number of hydrogen-bond donors (Lipinski definition) is 9. The number of carbonyl (C=O) groups is 4. The Morgan fingerprint density at radius 1 is 0.606 bits per heavy atom. The molecule has 0 saturated heterocycles. The second-order valence-corrected chi connectivity index (χ2v) is 8.75. The molecule has 0 aliphatic carbocycles. The number of thiol groups is 1. The van der Waals surface area contributed by atoms with Crippen LogP contribution in [0.3, 0.4) is 0 Å². The van der Waals surface area contributed by atoms with Crippen LogP contribution >= 0.6 is 12.6 Å². The van der Waals surface area contributed by atoms with E-state index in [0.29, 0.717) is 24.7 Å². The molecule has 0 aliphatic rings. The first-order chi connectivity index (χ1) is 14.8. The summed E-state index contributed by atoms with van der Waals surface area (Å²) in [7, 11) is 0. The normalized spacial score (nSPS) is 13.8. The summed E-state index contributed by atoms with van der Waals surface area (Å²) in [5, 5.41) is 32.8. The van der Waals surface area contributed by atoms with E-state index in [1.807, 2.05) is 27.7 Å². The minimum absolute atomic E-state index is 0.0208. The monoisotopic (exact) mass is 500 g/mol. The lowest BCUT2D eigenvalue weighted by atomic mass is 10.1. The highest BCUT2D eigenvalue weighted by molar-refractivity contribution is 7.80. The fourth-order valence-electron chi connectivity index (χ4n) is 1.58. The van der Waals surface area contributed by atoms with Crippen LogP contribution in [-0.4, -0.2) is 74.2 Å². The first kappa shape index (κ1) is 38.3. The van der Waals surface area contributed by atoms with Crippen molar-refractivity contribution in [2.24, 2.45) is 40.7 Å². The van der Waals surface area contributed by atoms with Gasteiger partial charge in [-0.2, -0.15) is 12.6 Å². The fourth-order valence-corrected chi connectivity index (χ4v) is 1.74. The molecule has 198 valence electrons. The molecule has 12 N–H and O–H groups in total. The number of aliphatic carboxylic acids is 4. The average molecular weight is 501 g/mol. The second-order valence-electron chi connectivity index (χ2n) is 8.38. The molecule has 13 heteroatoms. The van der Waals surface area contributed by atoms with Crippen LogP contribution in [-0.2, 0) is 19.2 Å². The molecule has 0 rings (SSSR count). The molecule has 0 aliphatic heterocycles. The number of carboxylic acids is 4. The molecular formula is C20H44N4O8S. The average Bonchev–Trinajstić information content (AvgIpc) is 2.66. The predicted octanol–water partition coefficient (Wildman–Crippen LogP) is 0.271. The second kappa shape index (κ2) is 21.9. The smallest absolute Gasteiger partial charge is 0.321 e. The van der Waals surface area contributed by atoms with Crippen molar-refractivity contribution in [2.75, 3.05) is 5.75 Å². The van der Waals surface area contributed by atoms with E-state index in [0.717, 1.165) is 0 Å². The van der Waals surface area contributed by atoms with Gasteiger partial charge < -0.3 is 43.4 Å². The summed E-state index contributed by atoms with van der Waals surface area (Å²) in [6.07, 6.45) is 1.10. The molecule has 4 atom stereocenters. The van der Waals surface area contributed by atoms with Crippen LogP contribution in [0, 0.1) is 17.8 Å². The van der Waals surface area contributed by atoms with Crippen molar-refractivity contribution < 1.29 is 39.6 Å². The van der Waals surface area contributed by atoms with Gasteiger partial charge in [0.2, 0.25) is 0 Å². The van der Waals surface area contributed by atoms with Crippen molar-refractivity contribution in [3.05, 3.63) is 0 Å². The summed E-state index contributed by atoms with van der Waals surface area (Å²) in [5.41, 5.74) is 20.5. The molecule has 0 aromatic heterocycles. The van der Waals surface area contributed by atoms with Crippen LogP contribution in [0.1, 0.15) is 54.4 Å². The van der Waals surface area contributed by atoms with Crippen molar-refractivity contribution >= 4 is 36.5 Å². The minimum atomic E-state index is -1.00. The fraction of sp³-hybridized carbons (Fsp3) is 0.800. The van der Waals surface area contributed by atoms with E-state index in [4.69, 9.17) is 43.4 Å². The van der Waals surface area contributed by atoms with E-state index in [-0.39, 0.29) is 11.7 Å². The van der Waals surface area contributed by atoms with Gasteiger partial charge in [0.15, 0.2) is 0 Å². The van der Waals surface area contributed by atoms with E-state index in [1.165, 1.54) is 0 Å². The number of rotatable bonds is 10. The molecule has 0 aromatic rings. The summed E-state index contributed by atoms with van der Waals surface area (Å²) >= 11 is 3.65. The molecule has 0 radical (unpaired) electrons. The summed E-state index contributed by atoms with van der Waals surface area (Å²) < 4.78 is 0. The van der Waals surface area contributed by atoms with Gasteiger partial charge in [0, 0.05) is 5.75 Å². The number of nitrogens with two attached hydrogens (primary N) is 4. The summed E-state index contributed by atoms with van der Waals surface area (Å²) in [6, 6.07) is -2.91. The third-order valence-electron chi connectivity index (χ3n) is 3.60. The Kier molecular flexibility index (Phi) is 25.4. The lowest BCUT2D eigenvalue weighted by Gasteiger charge is -2.07. The lowest BCUT2D eigenvalue weighted by Crippen LogP contribution is -2.34. The predicted molar refractivity (Wildman–Crippen MR) is 130 cm³/mol. The van der Waals surface area contributed by atoms with E-state index in [9.17, 15) is 19.2 Å². The van der Waals surface area contributed by atoms with Crippen molar-refractivity contribution in [3.8, 4) is 0 Å². The van der Waals surface area contributed by atoms with Crippen molar-refractivity contribution in [1.29, 1.82) is 0 Å². The molecular weight excluding hydrogens is 456 g/mol. The topological polar surface area (TPSA) is 253 Å². The summed E-state index contributed by atoms with van der Waals surface area (Å²) in [4.78, 5) is 40.0. The summed E-state index contributed by atoms with van der Waals surface area (Å²) in [6.45, 7) is 11.3. The third-order valence-corrected chi connectivity index (χ3v) is 4.00. The Balaban J connectivity index is -0.000000171. The van der Waals surface area contributed by atoms with Crippen molar-refractivity contribution in [2.45, 2.75) is 78.6 Å². The van der Waals surface area contributed by atoms with Crippen LogP contribution in [0.25, 0.3) is 0 Å². The maximum atomic E-state index is 10.1. The highest BCUT2D eigenvalue weighted by Gasteiger charge is 2.14. The molecule has 0 bridgehead atoms. The van der Waals surface area contributed by atoms with Gasteiger partial charge in [0.05, 0.1) is 0 Å². The molecule has 0 aromatic carbocycles. The Morgan fingerprint density at radius 2 is 0.879 bits per heavy atom. The summed E-state index contributed by atoms with van der Waals surface area (Å²) in [5.74, 6) is -2.84. The first-order valence-electron chi connectivity index (χ1n) is 10.4.